The van der Waals surface area contributed by atoms with Crippen molar-refractivity contribution in [2.75, 3.05) is 11.1 Å². The molecule has 2 heterocycles. The van der Waals surface area contributed by atoms with E-state index in [0.717, 1.165) is 90.0 Å². The average molecular weight is 809 g/mol. The summed E-state index contributed by atoms with van der Waals surface area (Å²) in [6, 6.07) is 69.5. The summed E-state index contributed by atoms with van der Waals surface area (Å²) < 4.78 is 0. The Morgan fingerprint density at radius 2 is 1.08 bits per heavy atom. The third-order valence-corrected chi connectivity index (χ3v) is 12.4. The number of hydrogen-bond acceptors (Lipinski definition) is 4. The van der Waals surface area contributed by atoms with E-state index < -0.39 is 0 Å². The van der Waals surface area contributed by atoms with Crippen LogP contribution in [0, 0.1) is 0 Å². The molecule has 11 rings (SSSR count). The number of nitrogens with one attached hydrogen (secondary N) is 1. The highest BCUT2D eigenvalue weighted by Crippen LogP contribution is 2.45. The maximum absolute atomic E-state index is 6.79. The van der Waals surface area contributed by atoms with Crippen molar-refractivity contribution in [3.05, 3.63) is 229 Å². The van der Waals surface area contributed by atoms with Gasteiger partial charge in [0.2, 0.25) is 0 Å². The minimum Gasteiger partial charge on any atom is -0.398 e. The van der Waals surface area contributed by atoms with Crippen molar-refractivity contribution in [3.8, 4) is 44.5 Å². The summed E-state index contributed by atoms with van der Waals surface area (Å²) in [5, 5.41) is 9.93. The van der Waals surface area contributed by atoms with E-state index in [4.69, 9.17) is 15.7 Å². The first-order valence-corrected chi connectivity index (χ1v) is 21.7. The number of pyridine rings is 1. The van der Waals surface area contributed by atoms with Crippen molar-refractivity contribution in [2.24, 2.45) is 4.99 Å². The molecule has 0 saturated heterocycles. The largest absolute Gasteiger partial charge is 0.398 e. The lowest BCUT2D eigenvalue weighted by atomic mass is 9.86. The molecule has 0 radical (unpaired) electrons. The molecule has 10 aromatic rings. The highest BCUT2D eigenvalue weighted by Gasteiger charge is 2.28. The number of hydrogen-bond donors (Lipinski definition) is 2. The van der Waals surface area contributed by atoms with Crippen molar-refractivity contribution >= 4 is 55.6 Å². The first kappa shape index (κ1) is 37.9. The van der Waals surface area contributed by atoms with E-state index in [-0.39, 0.29) is 6.17 Å². The van der Waals surface area contributed by atoms with Crippen LogP contribution in [0.4, 0.5) is 11.4 Å². The van der Waals surface area contributed by atoms with Crippen LogP contribution in [0.5, 0.6) is 0 Å². The van der Waals surface area contributed by atoms with Gasteiger partial charge in [-0.1, -0.05) is 195 Å². The molecule has 0 fully saturated rings. The van der Waals surface area contributed by atoms with Gasteiger partial charge in [0, 0.05) is 45.1 Å². The summed E-state index contributed by atoms with van der Waals surface area (Å²) in [5.41, 5.74) is 23.6. The lowest BCUT2D eigenvalue weighted by Crippen LogP contribution is -2.21. The van der Waals surface area contributed by atoms with Crippen LogP contribution in [0.1, 0.15) is 41.8 Å². The molecule has 4 heteroatoms. The van der Waals surface area contributed by atoms with Gasteiger partial charge in [0.25, 0.3) is 0 Å². The summed E-state index contributed by atoms with van der Waals surface area (Å²) in [4.78, 5) is 10.4. The molecule has 300 valence electrons. The van der Waals surface area contributed by atoms with Gasteiger partial charge in [0.1, 0.15) is 6.17 Å². The van der Waals surface area contributed by atoms with E-state index in [2.05, 4.69) is 212 Å². The summed E-state index contributed by atoms with van der Waals surface area (Å²) >= 11 is 0. The van der Waals surface area contributed by atoms with Gasteiger partial charge in [0.05, 0.1) is 16.9 Å². The topological polar surface area (TPSA) is 63.3 Å². The van der Waals surface area contributed by atoms with E-state index >= 15 is 0 Å². The number of fused-ring (bicyclic) bond motifs is 4. The second-order valence-electron chi connectivity index (χ2n) is 16.2. The monoisotopic (exact) mass is 808 g/mol. The number of benzene rings is 9. The number of rotatable bonds is 8. The molecule has 1 aliphatic heterocycles. The zero-order valence-corrected chi connectivity index (χ0v) is 35.0. The van der Waals surface area contributed by atoms with Gasteiger partial charge in [0.15, 0.2) is 0 Å². The Morgan fingerprint density at radius 1 is 0.508 bits per heavy atom. The summed E-state index contributed by atoms with van der Waals surface area (Å²) in [7, 11) is 0. The zero-order valence-electron chi connectivity index (χ0n) is 35.0. The van der Waals surface area contributed by atoms with Gasteiger partial charge in [-0.2, -0.15) is 0 Å². The van der Waals surface area contributed by atoms with Gasteiger partial charge in [-0.25, -0.2) is 0 Å². The Bertz CT molecular complexity index is 3400. The number of aromatic nitrogens is 1. The molecular weight excluding hydrogens is 765 g/mol. The highest BCUT2D eigenvalue weighted by molar-refractivity contribution is 6.20. The van der Waals surface area contributed by atoms with Gasteiger partial charge < -0.3 is 11.1 Å². The van der Waals surface area contributed by atoms with Crippen LogP contribution in [0.15, 0.2) is 211 Å². The third-order valence-electron chi connectivity index (χ3n) is 12.4. The molecule has 1 aliphatic rings. The smallest absolute Gasteiger partial charge is 0.145 e. The van der Waals surface area contributed by atoms with Crippen LogP contribution in [0.3, 0.4) is 0 Å². The number of anilines is 2. The Kier molecular flexibility index (Phi) is 9.67. The van der Waals surface area contributed by atoms with Crippen LogP contribution < -0.4 is 11.1 Å². The molecule has 0 saturated carbocycles. The highest BCUT2D eigenvalue weighted by atomic mass is 15.1. The van der Waals surface area contributed by atoms with E-state index in [1.165, 1.54) is 32.7 Å². The Labute approximate surface area is 367 Å². The Morgan fingerprint density at radius 3 is 1.84 bits per heavy atom. The standard InChI is InChI=1S/C59H44N4/c1-2-3-13-42-18-10-24-50(55(42)60)40-27-31-44(32-28-40)57-54-37-46(49-23-8-16-38-14-4-6-21-47(38)49)36-53(52-26-9-17-39-15-5-7-22-48(39)52)58(54)63-59(62-57)45-33-29-41(30-34-45)51-25-11-19-43-20-12-35-61-56(43)51/h3-37,59,63H,2,60H2,1H3/b13-3-. The molecule has 3 N–H and O–H groups in total. The van der Waals surface area contributed by atoms with Crippen LogP contribution in [0.2, 0.25) is 0 Å². The minimum atomic E-state index is -0.360. The van der Waals surface area contributed by atoms with Gasteiger partial charge >= 0.3 is 0 Å². The quantitative estimate of drug-likeness (QED) is 0.150. The van der Waals surface area contributed by atoms with E-state index in [1.54, 1.807) is 0 Å². The summed E-state index contributed by atoms with van der Waals surface area (Å²) in [5.74, 6) is 0. The molecule has 9 aromatic carbocycles. The van der Waals surface area contributed by atoms with Crippen LogP contribution in [-0.2, 0) is 0 Å². The molecule has 4 nitrogen and oxygen atoms in total. The zero-order chi connectivity index (χ0) is 42.3. The number of nitrogens with two attached hydrogens (primary N) is 1. The number of aliphatic imine (C=N–C) groups is 1. The molecule has 1 unspecified atom stereocenters. The van der Waals surface area contributed by atoms with E-state index in [9.17, 15) is 0 Å². The van der Waals surface area contributed by atoms with Crippen molar-refractivity contribution < 1.29 is 0 Å². The lowest BCUT2D eigenvalue weighted by molar-refractivity contribution is 0.829. The number of para-hydroxylation sites is 2. The molecule has 0 spiro atoms. The van der Waals surface area contributed by atoms with Crippen LogP contribution >= 0.6 is 0 Å². The second-order valence-corrected chi connectivity index (χ2v) is 16.2. The van der Waals surface area contributed by atoms with Crippen LogP contribution in [0.25, 0.3) is 83.0 Å². The van der Waals surface area contributed by atoms with Crippen LogP contribution in [-0.4, -0.2) is 10.7 Å². The fourth-order valence-electron chi connectivity index (χ4n) is 9.26. The van der Waals surface area contributed by atoms with E-state index in [1.807, 2.05) is 12.3 Å². The van der Waals surface area contributed by atoms with E-state index in [0.29, 0.717) is 0 Å². The van der Waals surface area contributed by atoms with Gasteiger partial charge in [-0.3, -0.25) is 9.98 Å². The van der Waals surface area contributed by atoms with Gasteiger partial charge in [-0.05, 0) is 85.1 Å². The number of allylic oxidation sites excluding steroid dienone is 1. The lowest BCUT2D eigenvalue weighted by Gasteiger charge is -2.30. The Balaban J connectivity index is 1.11. The molecule has 0 bridgehead atoms. The molecule has 63 heavy (non-hydrogen) atoms. The van der Waals surface area contributed by atoms with Crippen molar-refractivity contribution in [3.63, 3.8) is 0 Å². The normalized spacial score (nSPS) is 13.6. The number of nitrogen functional groups attached to an aromatic ring is 1. The van der Waals surface area contributed by atoms with Crippen molar-refractivity contribution in [2.45, 2.75) is 19.5 Å². The van der Waals surface area contributed by atoms with Gasteiger partial charge in [-0.15, -0.1) is 0 Å². The maximum atomic E-state index is 6.79. The first-order chi connectivity index (χ1) is 31.1. The minimum absolute atomic E-state index is 0.360. The first-order valence-electron chi connectivity index (χ1n) is 21.7. The average Bonchev–Trinajstić information content (AvgIpc) is 3.35. The molecule has 0 aliphatic carbocycles. The Hall–Kier alpha value is -8.08. The number of nitrogens with zero attached hydrogens (tertiary/aromatic N) is 2. The molecule has 1 atom stereocenters. The molecule has 1 aromatic heterocycles. The second kappa shape index (κ2) is 16.1. The summed E-state index contributed by atoms with van der Waals surface area (Å²) in [6.45, 7) is 2.14. The fourth-order valence-corrected chi connectivity index (χ4v) is 9.26. The van der Waals surface area contributed by atoms with Crippen molar-refractivity contribution in [1.82, 2.24) is 4.98 Å². The fraction of sp³-hybridized carbons (Fsp3) is 0.0508. The van der Waals surface area contributed by atoms with Crippen molar-refractivity contribution in [1.29, 1.82) is 0 Å². The predicted octanol–water partition coefficient (Wildman–Crippen LogP) is 15.2. The predicted molar refractivity (Wildman–Crippen MR) is 267 cm³/mol. The molecular formula is C59H44N4. The maximum Gasteiger partial charge on any atom is 0.145 e. The molecule has 0 amide bonds. The SMILES string of the molecule is CC/C=C\c1cccc(-c2ccc(C3=NC(c4ccc(-c5cccc6cccnc56)cc4)Nc4c3cc(-c3cccc5ccccc35)cc4-c3cccc4ccccc34)cc2)c1N. The third kappa shape index (κ3) is 6.92. The summed E-state index contributed by atoms with van der Waals surface area (Å²) in [6.07, 6.45) is 6.72.